The first-order valence-corrected chi connectivity index (χ1v) is 13.1. The Morgan fingerprint density at radius 1 is 1.14 bits per heavy atom. The predicted octanol–water partition coefficient (Wildman–Crippen LogP) is 6.04. The molecule has 1 aliphatic rings. The number of thioether (sulfide) groups is 1. The van der Waals surface area contributed by atoms with E-state index in [9.17, 15) is 14.7 Å². The Labute approximate surface area is 221 Å². The number of amides is 1. The van der Waals surface area contributed by atoms with E-state index in [-0.39, 0.29) is 16.0 Å². The molecule has 8 heteroatoms. The largest absolute Gasteiger partial charge is 0.480 e. The van der Waals surface area contributed by atoms with Gasteiger partial charge in [0.25, 0.3) is 5.91 Å². The highest BCUT2D eigenvalue weighted by Gasteiger charge is 2.34. The minimum absolute atomic E-state index is 0.0305. The van der Waals surface area contributed by atoms with Crippen molar-refractivity contribution in [3.63, 3.8) is 0 Å². The molecule has 2 N–H and O–H groups in total. The number of rotatable bonds is 8. The van der Waals surface area contributed by atoms with Crippen molar-refractivity contribution in [1.82, 2.24) is 10.2 Å². The molecule has 6 nitrogen and oxygen atoms in total. The molecule has 0 aliphatic carbocycles. The molecule has 2 unspecified atom stereocenters. The minimum Gasteiger partial charge on any atom is -0.480 e. The number of carboxylic acids is 1. The Morgan fingerprint density at radius 3 is 2.47 bits per heavy atom. The zero-order valence-electron chi connectivity index (χ0n) is 20.5. The molecule has 4 rings (SSSR count). The Bertz CT molecular complexity index is 1250. The quantitative estimate of drug-likeness (QED) is 0.247. The summed E-state index contributed by atoms with van der Waals surface area (Å²) in [6.45, 7) is 7.24. The van der Waals surface area contributed by atoms with E-state index in [1.807, 2.05) is 54.6 Å². The number of carbonyl (C=O) groups excluding carboxylic acids is 1. The summed E-state index contributed by atoms with van der Waals surface area (Å²) >= 11 is 5.98. The molecule has 1 amide bonds. The van der Waals surface area contributed by atoms with E-state index in [0.29, 0.717) is 35.1 Å². The van der Waals surface area contributed by atoms with Crippen LogP contribution in [-0.2, 0) is 16.1 Å². The molecule has 1 aliphatic heterocycles. The van der Waals surface area contributed by atoms with Gasteiger partial charge in [-0.05, 0) is 28.7 Å². The molecule has 1 aromatic heterocycles. The zero-order valence-corrected chi connectivity index (χ0v) is 22.2. The van der Waals surface area contributed by atoms with Gasteiger partial charge in [-0.15, -0.1) is 12.6 Å². The zero-order chi connectivity index (χ0) is 25.9. The Morgan fingerprint density at radius 2 is 1.83 bits per heavy atom. The molecule has 3 aromatic rings. The maximum absolute atomic E-state index is 13.0. The predicted molar refractivity (Wildman–Crippen MR) is 147 cm³/mol. The summed E-state index contributed by atoms with van der Waals surface area (Å²) in [5.41, 5.74) is 2.52. The monoisotopic (exact) mass is 522 g/mol. The summed E-state index contributed by atoms with van der Waals surface area (Å²) in [5, 5.41) is 12.8. The molecule has 2 heterocycles. The number of nitrogens with zero attached hydrogens (tertiary/aromatic N) is 1. The van der Waals surface area contributed by atoms with E-state index in [2.05, 4.69) is 38.7 Å². The van der Waals surface area contributed by atoms with Gasteiger partial charge in [0.15, 0.2) is 0 Å². The van der Waals surface area contributed by atoms with Crippen LogP contribution >= 0.6 is 24.4 Å². The van der Waals surface area contributed by atoms with Crippen molar-refractivity contribution in [2.24, 2.45) is 5.41 Å². The van der Waals surface area contributed by atoms with Crippen LogP contribution in [0, 0.1) is 5.41 Å². The van der Waals surface area contributed by atoms with Gasteiger partial charge in [-0.1, -0.05) is 87.1 Å². The van der Waals surface area contributed by atoms with Crippen LogP contribution in [0.4, 0.5) is 0 Å². The topological polar surface area (TPSA) is 82.8 Å². The van der Waals surface area contributed by atoms with Gasteiger partial charge in [0.2, 0.25) is 0 Å². The molecule has 188 valence electrons. The first-order valence-electron chi connectivity index (χ1n) is 11.7. The van der Waals surface area contributed by atoms with Crippen molar-refractivity contribution in [2.45, 2.75) is 38.1 Å². The fourth-order valence-corrected chi connectivity index (χ4v) is 5.26. The third-order valence-corrected chi connectivity index (χ3v) is 7.29. The van der Waals surface area contributed by atoms with Crippen LogP contribution in [0.3, 0.4) is 0 Å². The lowest BCUT2D eigenvalue weighted by atomic mass is 9.95. The number of nitrogens with one attached hydrogen (secondary N) is 1. The Hall–Kier alpha value is -2.94. The van der Waals surface area contributed by atoms with Crippen molar-refractivity contribution in [2.75, 3.05) is 6.54 Å². The molecule has 1 fully saturated rings. The molecule has 0 bridgehead atoms. The molecule has 0 radical (unpaired) electrons. The Kier molecular flexibility index (Phi) is 7.97. The lowest BCUT2D eigenvalue weighted by molar-refractivity contribution is -0.139. The lowest BCUT2D eigenvalue weighted by Crippen LogP contribution is -2.34. The number of aliphatic carboxylic acids is 1. The number of carboxylic acid groups (broad SMARTS) is 1. The van der Waals surface area contributed by atoms with E-state index in [0.717, 1.165) is 11.1 Å². The number of benzene rings is 2. The van der Waals surface area contributed by atoms with E-state index < -0.39 is 12.0 Å². The van der Waals surface area contributed by atoms with Crippen molar-refractivity contribution in [3.8, 4) is 11.3 Å². The number of thiol groups is 1. The van der Waals surface area contributed by atoms with Gasteiger partial charge in [-0.2, -0.15) is 0 Å². The van der Waals surface area contributed by atoms with Crippen molar-refractivity contribution >= 4 is 42.3 Å². The van der Waals surface area contributed by atoms with E-state index >= 15 is 0 Å². The van der Waals surface area contributed by atoms with Gasteiger partial charge >= 0.3 is 5.97 Å². The van der Waals surface area contributed by atoms with Gasteiger partial charge in [0, 0.05) is 24.7 Å². The highest BCUT2D eigenvalue weighted by molar-refractivity contribution is 8.14. The lowest BCUT2D eigenvalue weighted by Gasteiger charge is -2.23. The maximum Gasteiger partial charge on any atom is 0.325 e. The summed E-state index contributed by atoms with van der Waals surface area (Å²) < 4.78 is 5.73. The van der Waals surface area contributed by atoms with Gasteiger partial charge in [-0.3, -0.25) is 9.59 Å². The van der Waals surface area contributed by atoms with Crippen molar-refractivity contribution < 1.29 is 19.1 Å². The second-order valence-corrected chi connectivity index (χ2v) is 11.9. The third kappa shape index (κ3) is 6.43. The molecule has 0 spiro atoms. The highest BCUT2D eigenvalue weighted by Crippen LogP contribution is 2.39. The Balaban J connectivity index is 1.46. The average Bonchev–Trinajstić information content (AvgIpc) is 3.40. The fourth-order valence-electron chi connectivity index (χ4n) is 3.81. The summed E-state index contributed by atoms with van der Waals surface area (Å²) in [4.78, 5) is 27.1. The second-order valence-electron chi connectivity index (χ2n) is 9.91. The van der Waals surface area contributed by atoms with Gasteiger partial charge in [-0.25, -0.2) is 0 Å². The molecule has 1 saturated heterocycles. The molecular weight excluding hydrogens is 492 g/mol. The molecule has 2 atom stereocenters. The van der Waals surface area contributed by atoms with E-state index in [1.54, 1.807) is 23.1 Å². The van der Waals surface area contributed by atoms with E-state index in [4.69, 9.17) is 4.42 Å². The molecule has 2 aromatic carbocycles. The van der Waals surface area contributed by atoms with Crippen LogP contribution in [0.5, 0.6) is 0 Å². The molecule has 0 saturated carbocycles. The summed E-state index contributed by atoms with van der Waals surface area (Å²) in [6.07, 6.45) is 1.75. The summed E-state index contributed by atoms with van der Waals surface area (Å²) in [6, 6.07) is 20.0. The third-order valence-electron chi connectivity index (χ3n) is 5.68. The second kappa shape index (κ2) is 11.0. The molecular formula is C28H30N2O4S2. The number of furan rings is 1. The summed E-state index contributed by atoms with van der Waals surface area (Å²) in [7, 11) is 0. The maximum atomic E-state index is 13.0. The van der Waals surface area contributed by atoms with Crippen LogP contribution in [0.25, 0.3) is 17.4 Å². The number of carbonyl (C=O) groups is 2. The first kappa shape index (κ1) is 26.1. The van der Waals surface area contributed by atoms with Crippen LogP contribution < -0.4 is 5.32 Å². The van der Waals surface area contributed by atoms with Gasteiger partial charge in [0.05, 0.1) is 4.91 Å². The van der Waals surface area contributed by atoms with Crippen LogP contribution in [0.15, 0.2) is 76.1 Å². The highest BCUT2D eigenvalue weighted by atomic mass is 32.2. The number of hydrogen-bond acceptors (Lipinski definition) is 6. The molecule has 36 heavy (non-hydrogen) atoms. The SMILES string of the molecule is CC(C)(C)CNC(C(=O)O)c1ccc(-c2ccc(/C=C3\SC(S)N(Cc4ccccc4)C3=O)o2)cc1. The van der Waals surface area contributed by atoms with Crippen molar-refractivity contribution in [3.05, 3.63) is 88.5 Å². The first-order chi connectivity index (χ1) is 17.1. The van der Waals surface area contributed by atoms with Gasteiger partial charge < -0.3 is 19.7 Å². The van der Waals surface area contributed by atoms with Gasteiger partial charge in [0.1, 0.15) is 22.3 Å². The fraction of sp³-hybridized carbons (Fsp3) is 0.286. The van der Waals surface area contributed by atoms with E-state index in [1.165, 1.54) is 11.8 Å². The summed E-state index contributed by atoms with van der Waals surface area (Å²) in [5.74, 6) is 0.222. The minimum atomic E-state index is -0.915. The number of hydrogen-bond donors (Lipinski definition) is 3. The smallest absolute Gasteiger partial charge is 0.325 e. The van der Waals surface area contributed by atoms with Crippen LogP contribution in [-0.4, -0.2) is 33.1 Å². The van der Waals surface area contributed by atoms with Crippen LogP contribution in [0.1, 0.15) is 43.7 Å². The average molecular weight is 523 g/mol. The van der Waals surface area contributed by atoms with Crippen LogP contribution in [0.2, 0.25) is 0 Å². The standard InChI is InChI=1S/C28H30N2O4S2/c1-28(2,3)17-29-24(26(32)33)20-11-9-19(10-12-20)22-14-13-21(34-22)15-23-25(31)30(27(35)36-23)16-18-7-5-4-6-8-18/h4-15,24,27,29,35H,16-17H2,1-3H3,(H,32,33)/b23-15-. The normalized spacial score (nSPS) is 18.1. The van der Waals surface area contributed by atoms with Crippen molar-refractivity contribution in [1.29, 1.82) is 0 Å².